The van der Waals surface area contributed by atoms with Gasteiger partial charge in [0.05, 0.1) is 6.04 Å². The smallest absolute Gasteiger partial charge is 0.255 e. The van der Waals surface area contributed by atoms with Gasteiger partial charge >= 0.3 is 0 Å². The summed E-state index contributed by atoms with van der Waals surface area (Å²) in [7, 11) is 0. The third-order valence-corrected chi connectivity index (χ3v) is 8.85. The first kappa shape index (κ1) is 27.0. The quantitative estimate of drug-likeness (QED) is 0.240. The van der Waals surface area contributed by atoms with Gasteiger partial charge in [-0.3, -0.25) is 14.4 Å². The highest BCUT2D eigenvalue weighted by Gasteiger charge is 2.49. The van der Waals surface area contributed by atoms with Crippen LogP contribution >= 0.6 is 11.6 Å². The van der Waals surface area contributed by atoms with E-state index in [1.807, 2.05) is 97.1 Å². The van der Waals surface area contributed by atoms with Crippen LogP contribution in [0.2, 0.25) is 5.02 Å². The number of carbonyl (C=O) groups excluding carboxylic acids is 3. The molecule has 0 spiro atoms. The van der Waals surface area contributed by atoms with Gasteiger partial charge in [0, 0.05) is 46.6 Å². The van der Waals surface area contributed by atoms with Crippen LogP contribution < -0.4 is 10.6 Å². The topological polar surface area (TPSA) is 94.3 Å². The van der Waals surface area contributed by atoms with E-state index in [1.54, 1.807) is 11.0 Å². The number of H-pyrrole nitrogens is 1. The average molecular weight is 589 g/mol. The highest BCUT2D eigenvalue weighted by molar-refractivity contribution is 6.31. The maximum Gasteiger partial charge on any atom is 0.255 e. The van der Waals surface area contributed by atoms with Gasteiger partial charge in [0.2, 0.25) is 11.8 Å². The summed E-state index contributed by atoms with van der Waals surface area (Å²) < 4.78 is 0. The number of para-hydroxylation sites is 1. The largest absolute Gasteiger partial charge is 0.356 e. The molecule has 0 saturated heterocycles. The lowest BCUT2D eigenvalue weighted by atomic mass is 9.89. The van der Waals surface area contributed by atoms with E-state index < -0.39 is 18.1 Å². The Morgan fingerprint density at radius 1 is 0.907 bits per heavy atom. The molecule has 1 aromatic heterocycles. The van der Waals surface area contributed by atoms with E-state index in [0.717, 1.165) is 38.9 Å². The van der Waals surface area contributed by atoms with E-state index in [0.29, 0.717) is 23.4 Å². The maximum atomic E-state index is 14.2. The first-order valence-corrected chi connectivity index (χ1v) is 14.7. The lowest BCUT2D eigenvalue weighted by molar-refractivity contribution is -0.132. The number of benzene rings is 4. The van der Waals surface area contributed by atoms with Crippen LogP contribution in [0.5, 0.6) is 0 Å². The van der Waals surface area contributed by atoms with Crippen LogP contribution in [0.25, 0.3) is 10.9 Å². The molecule has 0 fully saturated rings. The number of carbonyl (C=O) groups is 3. The molecule has 0 saturated carbocycles. The number of aromatic amines is 1. The summed E-state index contributed by atoms with van der Waals surface area (Å²) in [5.41, 5.74) is 6.07. The van der Waals surface area contributed by atoms with Gasteiger partial charge in [-0.1, -0.05) is 96.5 Å². The summed E-state index contributed by atoms with van der Waals surface area (Å²) in [5, 5.41) is 7.57. The number of fused-ring (bicyclic) bond motifs is 7. The fraction of sp³-hybridized carbons (Fsp3) is 0.171. The number of halogens is 1. The third-order valence-electron chi connectivity index (χ3n) is 8.48. The minimum Gasteiger partial charge on any atom is -0.356 e. The summed E-state index contributed by atoms with van der Waals surface area (Å²) >= 11 is 6.32. The Hall–Kier alpha value is -4.88. The number of aromatic nitrogens is 1. The second-order valence-corrected chi connectivity index (χ2v) is 11.5. The molecule has 0 bridgehead atoms. The minimum absolute atomic E-state index is 0.187. The second kappa shape index (κ2) is 11.1. The summed E-state index contributed by atoms with van der Waals surface area (Å²) in [4.78, 5) is 46.8. The lowest BCUT2D eigenvalue weighted by Gasteiger charge is -2.37. The Bertz CT molecular complexity index is 1870. The summed E-state index contributed by atoms with van der Waals surface area (Å²) in [5.74, 6) is -0.878. The highest BCUT2D eigenvalue weighted by atomic mass is 35.5. The van der Waals surface area contributed by atoms with Crippen molar-refractivity contribution in [2.45, 2.75) is 37.5 Å². The first-order valence-electron chi connectivity index (χ1n) is 14.4. The molecular formula is C35H29ClN4O3. The standard InChI is InChI=1S/C35H29ClN4O3/c36-27-16-8-4-12-22(27)20-37-33(41)29(18-21-10-2-1-3-11-21)39-34(42)30-19-26-23-13-7-9-17-28(23)38-31(26)32-24-14-5-6-15-25(24)35(43)40(30)32/h1-17,29-30,32,38H,18-20H2,(H,37,41)(H,39,42)/t29-,30-,32+/m0/s1. The van der Waals surface area contributed by atoms with E-state index in [2.05, 4.69) is 15.6 Å². The predicted octanol–water partition coefficient (Wildman–Crippen LogP) is 5.34. The average Bonchev–Trinajstić information content (AvgIpc) is 3.55. The molecule has 3 atom stereocenters. The van der Waals surface area contributed by atoms with Crippen LogP contribution in [0.3, 0.4) is 0 Å². The van der Waals surface area contributed by atoms with Gasteiger partial charge in [-0.2, -0.15) is 0 Å². The molecule has 5 aromatic rings. The Kier molecular flexibility index (Phi) is 6.95. The fourth-order valence-corrected chi connectivity index (χ4v) is 6.61. The van der Waals surface area contributed by atoms with Crippen molar-refractivity contribution in [1.29, 1.82) is 0 Å². The van der Waals surface area contributed by atoms with Crippen molar-refractivity contribution >= 4 is 40.2 Å². The molecule has 3 N–H and O–H groups in total. The molecular weight excluding hydrogens is 560 g/mol. The Morgan fingerprint density at radius 2 is 1.63 bits per heavy atom. The molecule has 7 rings (SSSR count). The van der Waals surface area contributed by atoms with Crippen molar-refractivity contribution in [3.05, 3.63) is 142 Å². The van der Waals surface area contributed by atoms with Gasteiger partial charge in [0.1, 0.15) is 12.1 Å². The van der Waals surface area contributed by atoms with E-state index in [4.69, 9.17) is 11.6 Å². The SMILES string of the molecule is O=C(NCc1ccccc1Cl)[C@H](Cc1ccccc1)NC(=O)[C@@H]1Cc2c([nH]c3ccccc23)[C@H]2c3ccccc3C(=O)N21. The maximum absolute atomic E-state index is 14.2. The van der Waals surface area contributed by atoms with Gasteiger partial charge in [-0.05, 0) is 40.5 Å². The van der Waals surface area contributed by atoms with Crippen LogP contribution in [0.15, 0.2) is 103 Å². The molecule has 0 radical (unpaired) electrons. The van der Waals surface area contributed by atoms with Crippen molar-refractivity contribution in [1.82, 2.24) is 20.5 Å². The molecule has 3 amide bonds. The summed E-state index contributed by atoms with van der Waals surface area (Å²) in [6.07, 6.45) is 0.629. The van der Waals surface area contributed by atoms with Crippen molar-refractivity contribution in [3.8, 4) is 0 Å². The zero-order chi connectivity index (χ0) is 29.5. The summed E-state index contributed by atoms with van der Waals surface area (Å²) in [6.45, 7) is 0.226. The zero-order valence-corrected chi connectivity index (χ0v) is 24.0. The summed E-state index contributed by atoms with van der Waals surface area (Å²) in [6, 6.07) is 30.3. The predicted molar refractivity (Wildman–Crippen MR) is 166 cm³/mol. The minimum atomic E-state index is -0.861. The Morgan fingerprint density at radius 3 is 2.47 bits per heavy atom. The Labute approximate surface area is 253 Å². The number of hydrogen-bond acceptors (Lipinski definition) is 3. The van der Waals surface area contributed by atoms with E-state index in [-0.39, 0.29) is 24.3 Å². The highest BCUT2D eigenvalue weighted by Crippen LogP contribution is 2.46. The van der Waals surface area contributed by atoms with E-state index in [9.17, 15) is 14.4 Å². The number of amides is 3. The fourth-order valence-electron chi connectivity index (χ4n) is 6.41. The van der Waals surface area contributed by atoms with E-state index in [1.165, 1.54) is 0 Å². The molecule has 43 heavy (non-hydrogen) atoms. The normalized spacial score (nSPS) is 17.6. The third kappa shape index (κ3) is 4.85. The van der Waals surface area contributed by atoms with Crippen molar-refractivity contribution in [2.24, 2.45) is 0 Å². The molecule has 2 aliphatic heterocycles. The molecule has 0 unspecified atom stereocenters. The molecule has 7 nitrogen and oxygen atoms in total. The van der Waals surface area contributed by atoms with Gasteiger partial charge in [-0.25, -0.2) is 0 Å². The number of nitrogens with one attached hydrogen (secondary N) is 3. The zero-order valence-electron chi connectivity index (χ0n) is 23.2. The number of rotatable bonds is 7. The van der Waals surface area contributed by atoms with Gasteiger partial charge in [0.15, 0.2) is 0 Å². The molecule has 0 aliphatic carbocycles. The number of hydrogen-bond donors (Lipinski definition) is 3. The van der Waals surface area contributed by atoms with Crippen LogP contribution in [0, 0.1) is 0 Å². The van der Waals surface area contributed by atoms with E-state index >= 15 is 0 Å². The molecule has 214 valence electrons. The molecule has 8 heteroatoms. The van der Waals surface area contributed by atoms with Crippen molar-refractivity contribution in [2.75, 3.05) is 0 Å². The van der Waals surface area contributed by atoms with Crippen LogP contribution in [-0.2, 0) is 29.0 Å². The molecule has 2 aliphatic rings. The Balaban J connectivity index is 1.21. The van der Waals surface area contributed by atoms with Crippen molar-refractivity contribution in [3.63, 3.8) is 0 Å². The van der Waals surface area contributed by atoms with Crippen LogP contribution in [0.1, 0.15) is 44.3 Å². The second-order valence-electron chi connectivity index (χ2n) is 11.0. The van der Waals surface area contributed by atoms with Crippen LogP contribution in [-0.4, -0.2) is 39.7 Å². The van der Waals surface area contributed by atoms with Crippen molar-refractivity contribution < 1.29 is 14.4 Å². The van der Waals surface area contributed by atoms with Gasteiger partial charge in [0.25, 0.3) is 5.91 Å². The first-order chi connectivity index (χ1) is 21.0. The molecule has 3 heterocycles. The number of nitrogens with zero attached hydrogens (tertiary/aromatic N) is 1. The molecule has 4 aromatic carbocycles. The van der Waals surface area contributed by atoms with Gasteiger partial charge in [-0.15, -0.1) is 0 Å². The van der Waals surface area contributed by atoms with Gasteiger partial charge < -0.3 is 20.5 Å². The van der Waals surface area contributed by atoms with Crippen LogP contribution in [0.4, 0.5) is 0 Å². The lowest BCUT2D eigenvalue weighted by Crippen LogP contribution is -2.57. The monoisotopic (exact) mass is 588 g/mol.